The van der Waals surface area contributed by atoms with Crippen LogP contribution in [0.1, 0.15) is 25.5 Å². The van der Waals surface area contributed by atoms with Gasteiger partial charge in [-0.3, -0.25) is 4.68 Å². The van der Waals surface area contributed by atoms with Gasteiger partial charge in [0.15, 0.2) is 0 Å². The van der Waals surface area contributed by atoms with Crippen LogP contribution in [0.15, 0.2) is 4.90 Å². The van der Waals surface area contributed by atoms with Crippen molar-refractivity contribution in [2.45, 2.75) is 31.2 Å². The third-order valence-electron chi connectivity index (χ3n) is 2.34. The molecule has 0 aliphatic carbocycles. The van der Waals surface area contributed by atoms with Gasteiger partial charge in [0, 0.05) is 16.9 Å². The Balaban J connectivity index is 3.31. The van der Waals surface area contributed by atoms with Crippen LogP contribution in [0.25, 0.3) is 0 Å². The van der Waals surface area contributed by atoms with Crippen molar-refractivity contribution >= 4 is 41.2 Å². The summed E-state index contributed by atoms with van der Waals surface area (Å²) in [4.78, 5) is -0.251. The number of rotatable bonds is 5. The zero-order valence-electron chi connectivity index (χ0n) is 10.6. The molecular formula is C9H14Cl2N2O4S2. The highest BCUT2D eigenvalue weighted by atomic mass is 35.7. The third kappa shape index (κ3) is 4.34. The minimum absolute atomic E-state index is 0.0240. The zero-order valence-corrected chi connectivity index (χ0v) is 13.7. The van der Waals surface area contributed by atoms with Gasteiger partial charge in [-0.25, -0.2) is 16.8 Å². The quantitative estimate of drug-likeness (QED) is 0.754. The van der Waals surface area contributed by atoms with E-state index in [1.165, 1.54) is 0 Å². The summed E-state index contributed by atoms with van der Waals surface area (Å²) >= 11 is 5.93. The summed E-state index contributed by atoms with van der Waals surface area (Å²) < 4.78 is 46.4. The van der Waals surface area contributed by atoms with Gasteiger partial charge in [-0.1, -0.05) is 25.4 Å². The molecule has 1 heterocycles. The van der Waals surface area contributed by atoms with Gasteiger partial charge in [0.05, 0.1) is 18.0 Å². The van der Waals surface area contributed by atoms with Crippen LogP contribution in [0.5, 0.6) is 0 Å². The van der Waals surface area contributed by atoms with Crippen molar-refractivity contribution in [1.29, 1.82) is 0 Å². The maximum absolute atomic E-state index is 11.5. The van der Waals surface area contributed by atoms with Crippen LogP contribution in [-0.4, -0.2) is 38.6 Å². The van der Waals surface area contributed by atoms with E-state index in [2.05, 4.69) is 5.10 Å². The fraction of sp³-hybridized carbons (Fsp3) is 0.667. The van der Waals surface area contributed by atoms with Crippen LogP contribution in [0, 0.1) is 0 Å². The molecule has 1 aromatic heterocycles. The summed E-state index contributed by atoms with van der Waals surface area (Å²) in [5.41, 5.74) is 0.230. The molecule has 0 saturated heterocycles. The predicted molar refractivity (Wildman–Crippen MR) is 74.1 cm³/mol. The van der Waals surface area contributed by atoms with E-state index in [0.29, 0.717) is 0 Å². The van der Waals surface area contributed by atoms with E-state index in [1.54, 1.807) is 13.8 Å². The summed E-state index contributed by atoms with van der Waals surface area (Å²) in [7, 11) is -1.90. The highest BCUT2D eigenvalue weighted by Crippen LogP contribution is 2.32. The average Bonchev–Trinajstić information content (AvgIpc) is 2.51. The van der Waals surface area contributed by atoms with Crippen molar-refractivity contribution < 1.29 is 16.8 Å². The molecule has 0 radical (unpaired) electrons. The third-order valence-corrected chi connectivity index (χ3v) is 5.11. The number of hydrogen-bond donors (Lipinski definition) is 0. The molecule has 0 spiro atoms. The minimum Gasteiger partial charge on any atom is -0.251 e. The highest BCUT2D eigenvalue weighted by Gasteiger charge is 2.28. The van der Waals surface area contributed by atoms with Crippen molar-refractivity contribution in [2.24, 2.45) is 0 Å². The molecule has 0 aliphatic rings. The smallest absolute Gasteiger partial charge is 0.251 e. The van der Waals surface area contributed by atoms with Gasteiger partial charge in [-0.15, -0.1) is 0 Å². The predicted octanol–water partition coefficient (Wildman–Crippen LogP) is 1.63. The van der Waals surface area contributed by atoms with E-state index in [-0.39, 0.29) is 34.0 Å². The monoisotopic (exact) mass is 348 g/mol. The van der Waals surface area contributed by atoms with Crippen LogP contribution in [-0.2, 0) is 25.4 Å². The number of hydrogen-bond acceptors (Lipinski definition) is 5. The number of sulfone groups is 1. The Kier molecular flexibility index (Phi) is 4.93. The molecule has 0 aromatic carbocycles. The Labute approximate surface area is 122 Å². The lowest BCUT2D eigenvalue weighted by Crippen LogP contribution is -2.12. The number of halogens is 2. The van der Waals surface area contributed by atoms with E-state index >= 15 is 0 Å². The molecule has 0 fully saturated rings. The molecule has 10 heteroatoms. The standard InChI is InChI=1S/C9H14Cl2N2O4S2/c1-6(2)7-8(19(11,16)17)9(10)13(12-7)4-5-18(3,14)15/h6H,4-5H2,1-3H3. The van der Waals surface area contributed by atoms with E-state index in [9.17, 15) is 16.8 Å². The molecule has 0 amide bonds. The first-order valence-electron chi connectivity index (χ1n) is 5.32. The molecule has 0 unspecified atom stereocenters. The molecule has 1 rings (SSSR count). The normalized spacial score (nSPS) is 13.2. The minimum atomic E-state index is -4.03. The SMILES string of the molecule is CC(C)c1nn(CCS(C)(=O)=O)c(Cl)c1S(=O)(=O)Cl. The van der Waals surface area contributed by atoms with Crippen molar-refractivity contribution in [3.05, 3.63) is 10.8 Å². The molecule has 1 aromatic rings. The van der Waals surface area contributed by atoms with E-state index in [1.807, 2.05) is 0 Å². The zero-order chi connectivity index (χ0) is 15.0. The molecule has 6 nitrogen and oxygen atoms in total. The Morgan fingerprint density at radius 1 is 1.26 bits per heavy atom. The van der Waals surface area contributed by atoms with Crippen molar-refractivity contribution in [2.75, 3.05) is 12.0 Å². The Bertz CT molecular complexity index is 677. The largest absolute Gasteiger partial charge is 0.266 e. The van der Waals surface area contributed by atoms with Gasteiger partial charge in [0.2, 0.25) is 0 Å². The van der Waals surface area contributed by atoms with Crippen molar-refractivity contribution in [3.8, 4) is 0 Å². The van der Waals surface area contributed by atoms with Crippen LogP contribution >= 0.6 is 22.3 Å². The molecule has 110 valence electrons. The maximum atomic E-state index is 11.5. The summed E-state index contributed by atoms with van der Waals surface area (Å²) in [6.07, 6.45) is 1.08. The second-order valence-electron chi connectivity index (χ2n) is 4.45. The van der Waals surface area contributed by atoms with E-state index < -0.39 is 18.9 Å². The van der Waals surface area contributed by atoms with Crippen LogP contribution in [0.3, 0.4) is 0 Å². The Hall–Kier alpha value is -0.310. The first-order valence-corrected chi connectivity index (χ1v) is 10.1. The number of nitrogens with zero attached hydrogens (tertiary/aromatic N) is 2. The van der Waals surface area contributed by atoms with Gasteiger partial charge in [-0.2, -0.15) is 5.10 Å². The highest BCUT2D eigenvalue weighted by molar-refractivity contribution is 8.13. The molecule has 0 atom stereocenters. The summed E-state index contributed by atoms with van der Waals surface area (Å²) in [5.74, 6) is -0.395. The first kappa shape index (κ1) is 16.7. The number of aryl methyl sites for hydroxylation is 1. The molecule has 19 heavy (non-hydrogen) atoms. The van der Waals surface area contributed by atoms with Gasteiger partial charge in [-0.05, 0) is 5.92 Å². The van der Waals surface area contributed by atoms with E-state index in [4.69, 9.17) is 22.3 Å². The maximum Gasteiger partial charge on any atom is 0.266 e. The molecule has 0 N–H and O–H groups in total. The van der Waals surface area contributed by atoms with E-state index in [0.717, 1.165) is 10.9 Å². The first-order chi connectivity index (χ1) is 8.43. The topological polar surface area (TPSA) is 86.1 Å². The molecule has 0 aliphatic heterocycles. The van der Waals surface area contributed by atoms with Crippen LogP contribution in [0.2, 0.25) is 5.15 Å². The lowest BCUT2D eigenvalue weighted by molar-refractivity contribution is 0.583. The summed E-state index contributed by atoms with van der Waals surface area (Å²) in [6.45, 7) is 3.46. The lowest BCUT2D eigenvalue weighted by Gasteiger charge is -2.01. The Morgan fingerprint density at radius 2 is 1.79 bits per heavy atom. The van der Waals surface area contributed by atoms with Gasteiger partial charge >= 0.3 is 0 Å². The van der Waals surface area contributed by atoms with Crippen molar-refractivity contribution in [1.82, 2.24) is 9.78 Å². The summed E-state index contributed by atoms with van der Waals surface area (Å²) in [5, 5.41) is 3.87. The molecule has 0 saturated carbocycles. The van der Waals surface area contributed by atoms with Crippen LogP contribution in [0.4, 0.5) is 0 Å². The van der Waals surface area contributed by atoms with Gasteiger partial charge in [0.1, 0.15) is 19.9 Å². The molecule has 0 bridgehead atoms. The second kappa shape index (κ2) is 5.59. The fourth-order valence-electron chi connectivity index (χ4n) is 1.45. The van der Waals surface area contributed by atoms with Crippen LogP contribution < -0.4 is 0 Å². The second-order valence-corrected chi connectivity index (χ2v) is 9.57. The lowest BCUT2D eigenvalue weighted by atomic mass is 10.1. The number of aromatic nitrogens is 2. The van der Waals surface area contributed by atoms with Crippen molar-refractivity contribution in [3.63, 3.8) is 0 Å². The average molecular weight is 349 g/mol. The van der Waals surface area contributed by atoms with Gasteiger partial charge < -0.3 is 0 Å². The van der Waals surface area contributed by atoms with Gasteiger partial charge in [0.25, 0.3) is 9.05 Å². The molecular weight excluding hydrogens is 335 g/mol. The fourth-order valence-corrected chi connectivity index (χ4v) is 3.88. The Morgan fingerprint density at radius 3 is 2.11 bits per heavy atom. The summed E-state index contributed by atoms with van der Waals surface area (Å²) in [6, 6.07) is 0.